The van der Waals surface area contributed by atoms with Crippen LogP contribution in [0.1, 0.15) is 59.1 Å². The van der Waals surface area contributed by atoms with Gasteiger partial charge in [-0.05, 0) is 101 Å². The molecule has 382 valence electrons. The number of carboxylic acids is 1. The molecule has 4 atom stereocenters. The Labute approximate surface area is 413 Å². The van der Waals surface area contributed by atoms with Gasteiger partial charge in [0.1, 0.15) is 36.7 Å². The molecule has 4 aromatic carbocycles. The summed E-state index contributed by atoms with van der Waals surface area (Å²) in [5.41, 5.74) is 28.3. The molecule has 0 radical (unpaired) electrons. The van der Waals surface area contributed by atoms with Crippen LogP contribution in [0, 0.1) is 27.7 Å². The lowest BCUT2D eigenvalue weighted by molar-refractivity contribution is -0.145. The highest BCUT2D eigenvalue weighted by atomic mass is 16.5. The Morgan fingerprint density at radius 1 is 0.549 bits per heavy atom. The van der Waals surface area contributed by atoms with Crippen molar-refractivity contribution in [2.75, 3.05) is 20.2 Å². The fraction of sp³-hybridized carbons (Fsp3) is 0.388. The molecular formula is C49H68N14O8. The van der Waals surface area contributed by atoms with Crippen LogP contribution >= 0.6 is 0 Å². The molecule has 4 unspecified atom stereocenters. The highest BCUT2D eigenvalue weighted by molar-refractivity contribution is 5.91. The molecule has 22 nitrogen and oxygen atoms in total. The molecule has 0 aliphatic heterocycles. The van der Waals surface area contributed by atoms with Crippen LogP contribution < -0.4 is 54.8 Å². The van der Waals surface area contributed by atoms with E-state index in [1.54, 1.807) is 36.4 Å². The number of amides is 6. The van der Waals surface area contributed by atoms with Crippen molar-refractivity contribution in [3.05, 3.63) is 130 Å². The second-order valence-corrected chi connectivity index (χ2v) is 16.6. The molecule has 0 fully saturated rings. The lowest BCUT2D eigenvalue weighted by atomic mass is 10.0. The number of nitrogens with one attached hydrogen (secondary N) is 6. The van der Waals surface area contributed by atoms with Crippen molar-refractivity contribution in [1.82, 2.24) is 31.9 Å². The third-order valence-corrected chi connectivity index (χ3v) is 10.5. The predicted molar refractivity (Wildman–Crippen MR) is 268 cm³/mol. The number of carboxylic acid groups (broad SMARTS) is 1. The molecule has 22 heteroatoms. The SMILES string of the molecule is COC(=O)C(CCCNC(N)N)NC(=O)C(Cc1ccccc1)NC(=O)N=Nc1ccc(C)cc1C.Cc1ccc(N=NC(=O)NC(Cc2ccccc2)C(=O)NC(CCCNC(N)N)C(=O)O)c(C)c1. The molecule has 0 aliphatic rings. The van der Waals surface area contributed by atoms with Crippen molar-refractivity contribution in [3.63, 3.8) is 0 Å². The van der Waals surface area contributed by atoms with Gasteiger partial charge in [-0.2, -0.15) is 0 Å². The summed E-state index contributed by atoms with van der Waals surface area (Å²) in [5.74, 6) is -2.97. The molecule has 0 heterocycles. The molecule has 0 bridgehead atoms. The molecule has 0 aromatic heterocycles. The zero-order valence-corrected chi connectivity index (χ0v) is 40.8. The smallest absolute Gasteiger partial charge is 0.360 e. The zero-order chi connectivity index (χ0) is 52.3. The molecule has 0 spiro atoms. The summed E-state index contributed by atoms with van der Waals surface area (Å²) in [6.45, 7) is 8.47. The number of ether oxygens (including phenoxy) is 1. The summed E-state index contributed by atoms with van der Waals surface area (Å²) in [6, 6.07) is 23.6. The zero-order valence-electron chi connectivity index (χ0n) is 40.8. The molecular weight excluding hydrogens is 913 g/mol. The van der Waals surface area contributed by atoms with Crippen LogP contribution in [0.25, 0.3) is 0 Å². The van der Waals surface area contributed by atoms with E-state index in [1.165, 1.54) is 7.11 Å². The van der Waals surface area contributed by atoms with Gasteiger partial charge in [0, 0.05) is 12.8 Å². The highest BCUT2D eigenvalue weighted by Crippen LogP contribution is 2.21. The minimum absolute atomic E-state index is 0.146. The van der Waals surface area contributed by atoms with Crippen molar-refractivity contribution in [3.8, 4) is 0 Å². The van der Waals surface area contributed by atoms with Gasteiger partial charge < -0.3 is 54.0 Å². The molecule has 0 aliphatic carbocycles. The van der Waals surface area contributed by atoms with E-state index in [0.717, 1.165) is 33.4 Å². The number of hydrogen-bond donors (Lipinski definition) is 11. The summed E-state index contributed by atoms with van der Waals surface area (Å²) in [5, 5.41) is 40.9. The fourth-order valence-corrected chi connectivity index (χ4v) is 6.85. The van der Waals surface area contributed by atoms with Crippen molar-refractivity contribution in [1.29, 1.82) is 0 Å². The Kier molecular flexibility index (Phi) is 25.3. The molecule has 0 saturated heterocycles. The number of rotatable bonds is 24. The van der Waals surface area contributed by atoms with E-state index in [1.807, 2.05) is 88.4 Å². The Balaban J connectivity index is 0.000000375. The van der Waals surface area contributed by atoms with Crippen LogP contribution in [0.15, 0.2) is 118 Å². The number of methoxy groups -OCH3 is 1. The summed E-state index contributed by atoms with van der Waals surface area (Å²) in [4.78, 5) is 75.2. The Morgan fingerprint density at radius 3 is 1.31 bits per heavy atom. The van der Waals surface area contributed by atoms with Gasteiger partial charge in [-0.1, -0.05) is 106 Å². The van der Waals surface area contributed by atoms with Gasteiger partial charge in [0.05, 0.1) is 18.5 Å². The summed E-state index contributed by atoms with van der Waals surface area (Å²) < 4.78 is 4.83. The largest absolute Gasteiger partial charge is 0.480 e. The van der Waals surface area contributed by atoms with E-state index in [9.17, 15) is 33.9 Å². The highest BCUT2D eigenvalue weighted by Gasteiger charge is 2.29. The van der Waals surface area contributed by atoms with E-state index >= 15 is 0 Å². The van der Waals surface area contributed by atoms with Gasteiger partial charge in [-0.3, -0.25) is 20.2 Å². The Hall–Kier alpha value is -7.34. The number of carbonyl (C=O) groups is 6. The number of aliphatic carboxylic acids is 1. The van der Waals surface area contributed by atoms with Crippen LogP contribution in [0.2, 0.25) is 0 Å². The average molecular weight is 981 g/mol. The van der Waals surface area contributed by atoms with E-state index in [4.69, 9.17) is 27.7 Å². The summed E-state index contributed by atoms with van der Waals surface area (Å²) in [6.07, 6.45) is 0.306. The van der Waals surface area contributed by atoms with E-state index in [2.05, 4.69) is 52.4 Å². The number of azo groups is 2. The number of nitrogens with two attached hydrogens (primary N) is 4. The number of nitrogens with zero attached hydrogens (tertiary/aromatic N) is 4. The number of aryl methyl sites for hydroxylation is 4. The normalized spacial score (nSPS) is 12.9. The lowest BCUT2D eigenvalue weighted by Gasteiger charge is -2.22. The first-order valence-electron chi connectivity index (χ1n) is 22.9. The van der Waals surface area contributed by atoms with Gasteiger partial charge >= 0.3 is 24.0 Å². The first-order valence-corrected chi connectivity index (χ1v) is 22.9. The molecule has 71 heavy (non-hydrogen) atoms. The van der Waals surface area contributed by atoms with Gasteiger partial charge in [0.25, 0.3) is 0 Å². The minimum Gasteiger partial charge on any atom is -0.480 e. The van der Waals surface area contributed by atoms with Crippen molar-refractivity contribution >= 4 is 47.2 Å². The molecule has 4 rings (SSSR count). The predicted octanol–water partition coefficient (Wildman–Crippen LogP) is 3.78. The third kappa shape index (κ3) is 22.8. The van der Waals surface area contributed by atoms with E-state index < -0.39 is 72.6 Å². The van der Waals surface area contributed by atoms with Crippen LogP contribution in [0.3, 0.4) is 0 Å². The van der Waals surface area contributed by atoms with Crippen molar-refractivity contribution in [2.24, 2.45) is 43.4 Å². The molecule has 6 amide bonds. The topological polar surface area (TPSA) is 358 Å². The maximum absolute atomic E-state index is 13.2. The number of hydrogen-bond acceptors (Lipinski definition) is 15. The lowest BCUT2D eigenvalue weighted by Crippen LogP contribution is -2.52. The molecule has 15 N–H and O–H groups in total. The molecule has 4 aromatic rings. The second kappa shape index (κ2) is 31.0. The third-order valence-electron chi connectivity index (χ3n) is 10.5. The van der Waals surface area contributed by atoms with Crippen molar-refractivity contribution in [2.45, 2.75) is 103 Å². The number of benzene rings is 4. The number of urea groups is 2. The van der Waals surface area contributed by atoms with Crippen LogP contribution in [-0.2, 0) is 36.8 Å². The van der Waals surface area contributed by atoms with E-state index in [-0.39, 0.29) is 25.7 Å². The summed E-state index contributed by atoms with van der Waals surface area (Å²) in [7, 11) is 1.24. The fourth-order valence-electron chi connectivity index (χ4n) is 6.85. The number of carbonyl (C=O) groups excluding carboxylic acids is 5. The van der Waals surface area contributed by atoms with Gasteiger partial charge in [0.2, 0.25) is 11.8 Å². The standard InChI is InChI=1S/C25H35N7O4.C24H33N7O4/c1-16-11-12-19(17(2)14-16)31-32-25(35)30-21(15-18-8-5-4-6-9-18)22(33)29-20(23(34)36-3)10-7-13-28-24(26)27;1-15-10-11-18(16(2)13-15)30-31-24(35)29-20(14-17-7-4-3-5-8-17)21(32)28-19(22(33)34)9-6-12-27-23(25)26/h4-6,8-9,11-12,14,20-21,24,28H,7,10,13,15,26-27H2,1-3H3,(H,29,33)(H,30,35);3-5,7-8,10-11,13,19-20,23,27H,6,9,12,14,25-26H2,1-2H3,(H,28,32)(H,29,35)(H,33,34). The maximum Gasteiger partial charge on any atom is 0.360 e. The first-order chi connectivity index (χ1) is 33.8. The average Bonchev–Trinajstić information content (AvgIpc) is 3.32. The van der Waals surface area contributed by atoms with Crippen molar-refractivity contribution < 1.29 is 38.6 Å². The van der Waals surface area contributed by atoms with Gasteiger partial charge in [-0.15, -0.1) is 10.2 Å². The Morgan fingerprint density at radius 2 is 0.944 bits per heavy atom. The van der Waals surface area contributed by atoms with Crippen LogP contribution in [-0.4, -0.2) is 97.9 Å². The molecule has 0 saturated carbocycles. The Bertz CT molecular complexity index is 2400. The van der Waals surface area contributed by atoms with Gasteiger partial charge in [0.15, 0.2) is 0 Å². The monoisotopic (exact) mass is 981 g/mol. The maximum atomic E-state index is 13.2. The van der Waals surface area contributed by atoms with Gasteiger partial charge in [-0.25, -0.2) is 19.2 Å². The van der Waals surface area contributed by atoms with E-state index in [0.29, 0.717) is 37.3 Å². The van der Waals surface area contributed by atoms with Crippen LogP contribution in [0.4, 0.5) is 21.0 Å². The first kappa shape index (κ1) is 58.0. The summed E-state index contributed by atoms with van der Waals surface area (Å²) >= 11 is 0. The quantitative estimate of drug-likeness (QED) is 0.0206. The number of esters is 1. The van der Waals surface area contributed by atoms with Crippen LogP contribution in [0.5, 0.6) is 0 Å². The minimum atomic E-state index is -1.19. The second-order valence-electron chi connectivity index (χ2n) is 16.6.